The first-order valence-corrected chi connectivity index (χ1v) is 13.5. The van der Waals surface area contributed by atoms with Gasteiger partial charge in [0, 0.05) is 35.9 Å². The molecule has 1 aliphatic carbocycles. The van der Waals surface area contributed by atoms with Crippen LogP contribution in [0.4, 0.5) is 11.4 Å². The number of piperidine rings is 1. The van der Waals surface area contributed by atoms with Gasteiger partial charge in [0.15, 0.2) is 0 Å². The third-order valence-corrected chi connectivity index (χ3v) is 8.19. The summed E-state index contributed by atoms with van der Waals surface area (Å²) in [5, 5.41) is 3.10. The molecule has 38 heavy (non-hydrogen) atoms. The van der Waals surface area contributed by atoms with Crippen molar-refractivity contribution < 1.29 is 9.59 Å². The van der Waals surface area contributed by atoms with Gasteiger partial charge in [0.25, 0.3) is 5.91 Å². The van der Waals surface area contributed by atoms with Gasteiger partial charge in [-0.3, -0.25) is 9.59 Å². The Labute approximate surface area is 224 Å². The van der Waals surface area contributed by atoms with Gasteiger partial charge in [-0.2, -0.15) is 0 Å². The summed E-state index contributed by atoms with van der Waals surface area (Å²) >= 11 is 0. The number of nitrogens with zero attached hydrogens (tertiary/aromatic N) is 1. The molecule has 1 aliphatic heterocycles. The van der Waals surface area contributed by atoms with Crippen molar-refractivity contribution in [2.75, 3.05) is 23.3 Å². The molecule has 1 heterocycles. The number of carbonyl (C=O) groups excluding carboxylic acids is 2. The topological polar surface area (TPSA) is 49.4 Å². The lowest BCUT2D eigenvalue weighted by atomic mass is 9.78. The molecular formula is C34H32N2O2. The zero-order chi connectivity index (χ0) is 26.1. The van der Waals surface area contributed by atoms with E-state index < -0.39 is 0 Å². The van der Waals surface area contributed by atoms with E-state index in [2.05, 4.69) is 64.8 Å². The fourth-order valence-corrected chi connectivity index (χ4v) is 6.31. The van der Waals surface area contributed by atoms with E-state index in [0.717, 1.165) is 66.0 Å². The Morgan fingerprint density at radius 3 is 2.21 bits per heavy atom. The molecule has 4 aromatic carbocycles. The highest BCUT2D eigenvalue weighted by Gasteiger charge is 2.30. The maximum atomic E-state index is 13.2. The molecule has 1 unspecified atom stereocenters. The quantitative estimate of drug-likeness (QED) is 0.271. The summed E-state index contributed by atoms with van der Waals surface area (Å²) in [5.74, 6) is 0.522. The minimum absolute atomic E-state index is 0.0248. The zero-order valence-electron chi connectivity index (χ0n) is 21.7. The highest BCUT2D eigenvalue weighted by molar-refractivity contribution is 6.07. The Hall–Kier alpha value is -4.18. The Balaban J connectivity index is 1.10. The van der Waals surface area contributed by atoms with Crippen LogP contribution < -0.4 is 10.2 Å². The first-order chi connectivity index (χ1) is 18.6. The van der Waals surface area contributed by atoms with Crippen LogP contribution in [0.5, 0.6) is 0 Å². The highest BCUT2D eigenvalue weighted by Crippen LogP contribution is 2.38. The van der Waals surface area contributed by atoms with E-state index in [1.54, 1.807) is 6.92 Å². The number of Topliss-reactive ketones (excluding diaryl/α,β-unsaturated/α-hetero) is 1. The molecular weight excluding hydrogens is 468 g/mol. The number of hydrogen-bond donors (Lipinski definition) is 1. The van der Waals surface area contributed by atoms with E-state index in [0.29, 0.717) is 5.92 Å². The standard InChI is InChI=1S/C34H32N2O2/c1-23(37)33(24-8-3-2-4-9-24)25-18-20-36(21-19-25)28-16-14-27(15-17-28)35-34(38)31-13-7-12-30-29-11-6-5-10-26(29)22-32(30)31/h2-17,25,33H,18-22H2,1H3,(H,35,38). The van der Waals surface area contributed by atoms with Gasteiger partial charge in [-0.25, -0.2) is 0 Å². The number of nitrogens with one attached hydrogen (secondary N) is 1. The van der Waals surface area contributed by atoms with Gasteiger partial charge in [0.05, 0.1) is 0 Å². The first-order valence-electron chi connectivity index (χ1n) is 13.5. The molecule has 1 fully saturated rings. The fourth-order valence-electron chi connectivity index (χ4n) is 6.31. The Morgan fingerprint density at radius 2 is 1.47 bits per heavy atom. The van der Waals surface area contributed by atoms with Gasteiger partial charge in [0.2, 0.25) is 0 Å². The maximum absolute atomic E-state index is 13.2. The minimum atomic E-state index is -0.0700. The zero-order valence-corrected chi connectivity index (χ0v) is 21.7. The average molecular weight is 501 g/mol. The number of amides is 1. The molecule has 0 saturated carbocycles. The van der Waals surface area contributed by atoms with Crippen LogP contribution in [0.15, 0.2) is 97.1 Å². The minimum Gasteiger partial charge on any atom is -0.372 e. The normalized spacial score (nSPS) is 15.4. The van der Waals surface area contributed by atoms with Crippen molar-refractivity contribution in [3.8, 4) is 11.1 Å². The third-order valence-electron chi connectivity index (χ3n) is 8.19. The molecule has 1 N–H and O–H groups in total. The molecule has 0 bridgehead atoms. The van der Waals surface area contributed by atoms with E-state index in [4.69, 9.17) is 0 Å². The van der Waals surface area contributed by atoms with E-state index in [-0.39, 0.29) is 17.6 Å². The molecule has 0 spiro atoms. The molecule has 1 amide bonds. The van der Waals surface area contributed by atoms with Crippen molar-refractivity contribution in [1.82, 2.24) is 0 Å². The molecule has 0 radical (unpaired) electrons. The molecule has 4 nitrogen and oxygen atoms in total. The van der Waals surface area contributed by atoms with Crippen LogP contribution in [0.3, 0.4) is 0 Å². The van der Waals surface area contributed by atoms with E-state index in [1.807, 2.05) is 42.5 Å². The van der Waals surface area contributed by atoms with Crippen LogP contribution in [-0.2, 0) is 11.2 Å². The maximum Gasteiger partial charge on any atom is 0.255 e. The Bertz CT molecular complexity index is 1470. The number of fused-ring (bicyclic) bond motifs is 3. The lowest BCUT2D eigenvalue weighted by Gasteiger charge is -2.36. The Kier molecular flexibility index (Phi) is 6.55. The largest absolute Gasteiger partial charge is 0.372 e. The summed E-state index contributed by atoms with van der Waals surface area (Å²) in [6.07, 6.45) is 2.76. The fraction of sp³-hybridized carbons (Fsp3) is 0.235. The Morgan fingerprint density at radius 1 is 0.789 bits per heavy atom. The second kappa shape index (κ2) is 10.3. The van der Waals surface area contributed by atoms with Crippen LogP contribution in [0.25, 0.3) is 11.1 Å². The van der Waals surface area contributed by atoms with Crippen molar-refractivity contribution in [2.45, 2.75) is 32.1 Å². The van der Waals surface area contributed by atoms with Crippen LogP contribution in [0.2, 0.25) is 0 Å². The summed E-state index contributed by atoms with van der Waals surface area (Å²) in [6, 6.07) is 32.7. The number of benzene rings is 4. The number of hydrogen-bond acceptors (Lipinski definition) is 3. The summed E-state index contributed by atoms with van der Waals surface area (Å²) in [5.41, 5.74) is 8.57. The smallest absolute Gasteiger partial charge is 0.255 e. The highest BCUT2D eigenvalue weighted by atomic mass is 16.1. The predicted molar refractivity (Wildman–Crippen MR) is 154 cm³/mol. The molecule has 1 saturated heterocycles. The van der Waals surface area contributed by atoms with Gasteiger partial charge < -0.3 is 10.2 Å². The van der Waals surface area contributed by atoms with Crippen molar-refractivity contribution in [3.63, 3.8) is 0 Å². The van der Waals surface area contributed by atoms with E-state index >= 15 is 0 Å². The van der Waals surface area contributed by atoms with Crippen LogP contribution in [0.1, 0.15) is 52.7 Å². The van der Waals surface area contributed by atoms with Crippen molar-refractivity contribution in [3.05, 3.63) is 119 Å². The van der Waals surface area contributed by atoms with Gasteiger partial charge in [-0.05, 0) is 90.3 Å². The van der Waals surface area contributed by atoms with Gasteiger partial charge in [-0.15, -0.1) is 0 Å². The van der Waals surface area contributed by atoms with Crippen LogP contribution >= 0.6 is 0 Å². The second-order valence-electron chi connectivity index (χ2n) is 10.5. The summed E-state index contributed by atoms with van der Waals surface area (Å²) < 4.78 is 0. The lowest BCUT2D eigenvalue weighted by molar-refractivity contribution is -0.119. The van der Waals surface area contributed by atoms with Crippen molar-refractivity contribution in [2.24, 2.45) is 5.92 Å². The third kappa shape index (κ3) is 4.63. The van der Waals surface area contributed by atoms with Gasteiger partial charge in [0.1, 0.15) is 5.78 Å². The number of ketones is 1. The molecule has 0 aromatic heterocycles. The summed E-state index contributed by atoms with van der Waals surface area (Å²) in [4.78, 5) is 28.1. The van der Waals surface area contributed by atoms with Gasteiger partial charge in [-0.1, -0.05) is 66.7 Å². The van der Waals surface area contributed by atoms with Crippen molar-refractivity contribution in [1.29, 1.82) is 0 Å². The predicted octanol–water partition coefficient (Wildman–Crippen LogP) is 7.10. The monoisotopic (exact) mass is 500 g/mol. The average Bonchev–Trinajstić information content (AvgIpc) is 3.33. The van der Waals surface area contributed by atoms with E-state index in [1.165, 1.54) is 11.1 Å². The summed E-state index contributed by atoms with van der Waals surface area (Å²) in [6.45, 7) is 3.56. The van der Waals surface area contributed by atoms with Crippen LogP contribution in [0, 0.1) is 5.92 Å². The molecule has 4 heteroatoms. The van der Waals surface area contributed by atoms with Crippen molar-refractivity contribution >= 4 is 23.1 Å². The van der Waals surface area contributed by atoms with Crippen LogP contribution in [-0.4, -0.2) is 24.8 Å². The number of rotatable bonds is 6. The molecule has 4 aromatic rings. The molecule has 2 aliphatic rings. The molecule has 6 rings (SSSR count). The molecule has 190 valence electrons. The second-order valence-corrected chi connectivity index (χ2v) is 10.5. The number of carbonyl (C=O) groups is 2. The first kappa shape index (κ1) is 24.2. The molecule has 1 atom stereocenters. The lowest BCUT2D eigenvalue weighted by Crippen LogP contribution is -2.37. The van der Waals surface area contributed by atoms with E-state index in [9.17, 15) is 9.59 Å². The number of anilines is 2. The SMILES string of the molecule is CC(=O)C(c1ccccc1)C1CCN(c2ccc(NC(=O)c3cccc4c3Cc3ccccc3-4)cc2)CC1. The summed E-state index contributed by atoms with van der Waals surface area (Å²) in [7, 11) is 0. The van der Waals surface area contributed by atoms with Gasteiger partial charge >= 0.3 is 0 Å².